The molecule has 0 radical (unpaired) electrons. The molecule has 2 aliphatic carbocycles. The molecule has 6 nitrogen and oxygen atoms in total. The Morgan fingerprint density at radius 3 is 2.41 bits per heavy atom. The van der Waals surface area contributed by atoms with Gasteiger partial charge in [0.2, 0.25) is 5.89 Å². The second-order valence-electron chi connectivity index (χ2n) is 7.23. The quantitative estimate of drug-likeness (QED) is 0.910. The van der Waals surface area contributed by atoms with Crippen LogP contribution in [-0.2, 0) is 16.7 Å². The maximum atomic E-state index is 6.31. The molecule has 0 amide bonds. The number of hydrogen-bond acceptors (Lipinski definition) is 6. The number of rotatable bonds is 4. The average molecular weight is 306 g/mol. The van der Waals surface area contributed by atoms with Gasteiger partial charge in [0.1, 0.15) is 0 Å². The van der Waals surface area contributed by atoms with Gasteiger partial charge in [-0.2, -0.15) is 4.98 Å². The van der Waals surface area contributed by atoms with E-state index in [0.29, 0.717) is 5.82 Å². The third kappa shape index (κ3) is 2.47. The van der Waals surface area contributed by atoms with Crippen LogP contribution in [0.25, 0.3) is 0 Å². The molecule has 4 rings (SSSR count). The molecule has 3 fully saturated rings. The van der Waals surface area contributed by atoms with Gasteiger partial charge < -0.3 is 15.0 Å². The van der Waals surface area contributed by atoms with Crippen molar-refractivity contribution in [3.8, 4) is 0 Å². The van der Waals surface area contributed by atoms with Crippen LogP contribution in [0.3, 0.4) is 0 Å². The number of nitrogens with two attached hydrogens (primary N) is 1. The summed E-state index contributed by atoms with van der Waals surface area (Å²) < 4.78 is 11.1. The first-order valence-corrected chi connectivity index (χ1v) is 8.65. The zero-order chi connectivity index (χ0) is 15.0. The van der Waals surface area contributed by atoms with Gasteiger partial charge in [-0.15, -0.1) is 0 Å². The highest BCUT2D eigenvalue weighted by Gasteiger charge is 2.43. The highest BCUT2D eigenvalue weighted by molar-refractivity contribution is 5.10. The Morgan fingerprint density at radius 2 is 1.77 bits per heavy atom. The molecule has 1 aliphatic heterocycles. The van der Waals surface area contributed by atoms with Crippen LogP contribution in [0.4, 0.5) is 0 Å². The zero-order valence-electron chi connectivity index (χ0n) is 13.2. The van der Waals surface area contributed by atoms with Gasteiger partial charge in [0, 0.05) is 25.0 Å². The van der Waals surface area contributed by atoms with Crippen LogP contribution in [0.5, 0.6) is 0 Å². The third-order valence-electron chi connectivity index (χ3n) is 5.86. The largest absolute Gasteiger partial charge is 0.379 e. The molecule has 2 saturated carbocycles. The second-order valence-corrected chi connectivity index (χ2v) is 7.23. The maximum absolute atomic E-state index is 6.31. The first-order chi connectivity index (χ1) is 10.7. The van der Waals surface area contributed by atoms with Crippen LogP contribution in [0.2, 0.25) is 0 Å². The molecule has 0 bridgehead atoms. The standard InChI is InChI=1S/C16H26N4O2/c17-16(6-3-7-16)14-18-13(22-19-14)12-15(4-1-2-5-15)20-8-10-21-11-9-20/h1-12,17H2. The Balaban J connectivity index is 1.52. The van der Waals surface area contributed by atoms with Gasteiger partial charge in [-0.05, 0) is 32.1 Å². The van der Waals surface area contributed by atoms with Crippen LogP contribution >= 0.6 is 0 Å². The molecule has 2 N–H and O–H groups in total. The van der Waals surface area contributed by atoms with E-state index in [1.807, 2.05) is 0 Å². The molecule has 1 saturated heterocycles. The van der Waals surface area contributed by atoms with Crippen molar-refractivity contribution in [2.24, 2.45) is 5.73 Å². The van der Waals surface area contributed by atoms with E-state index in [2.05, 4.69) is 15.0 Å². The number of hydrogen-bond donors (Lipinski definition) is 1. The number of morpholine rings is 1. The lowest BCUT2D eigenvalue weighted by atomic mass is 9.77. The van der Waals surface area contributed by atoms with Crippen LogP contribution in [-0.4, -0.2) is 46.9 Å². The molecular formula is C16H26N4O2. The van der Waals surface area contributed by atoms with Gasteiger partial charge >= 0.3 is 0 Å². The predicted octanol–water partition coefficient (Wildman–Crippen LogP) is 1.59. The lowest BCUT2D eigenvalue weighted by Gasteiger charge is -2.42. The zero-order valence-corrected chi connectivity index (χ0v) is 13.2. The van der Waals surface area contributed by atoms with Crippen LogP contribution in [0, 0.1) is 0 Å². The van der Waals surface area contributed by atoms with Gasteiger partial charge in [-0.1, -0.05) is 18.0 Å². The molecule has 1 aromatic heterocycles. The smallest absolute Gasteiger partial charge is 0.228 e. The van der Waals surface area contributed by atoms with E-state index in [1.54, 1.807) is 0 Å². The van der Waals surface area contributed by atoms with E-state index in [0.717, 1.165) is 57.9 Å². The lowest BCUT2D eigenvalue weighted by Crippen LogP contribution is -2.53. The average Bonchev–Trinajstić information content (AvgIpc) is 3.17. The highest BCUT2D eigenvalue weighted by Crippen LogP contribution is 2.40. The Hall–Kier alpha value is -0.980. The lowest BCUT2D eigenvalue weighted by molar-refractivity contribution is -0.0232. The van der Waals surface area contributed by atoms with E-state index in [1.165, 1.54) is 25.7 Å². The Kier molecular flexibility index (Phi) is 3.71. The number of nitrogens with zero attached hydrogens (tertiary/aromatic N) is 3. The van der Waals surface area contributed by atoms with Crippen molar-refractivity contribution in [2.45, 2.75) is 62.4 Å². The van der Waals surface area contributed by atoms with Crippen molar-refractivity contribution < 1.29 is 9.26 Å². The van der Waals surface area contributed by atoms with E-state index in [4.69, 9.17) is 15.0 Å². The summed E-state index contributed by atoms with van der Waals surface area (Å²) >= 11 is 0. The van der Waals surface area contributed by atoms with E-state index in [9.17, 15) is 0 Å². The summed E-state index contributed by atoms with van der Waals surface area (Å²) in [4.78, 5) is 7.24. The normalized spacial score (nSPS) is 27.7. The monoisotopic (exact) mass is 306 g/mol. The predicted molar refractivity (Wildman–Crippen MR) is 81.3 cm³/mol. The fraction of sp³-hybridized carbons (Fsp3) is 0.875. The minimum Gasteiger partial charge on any atom is -0.379 e. The molecule has 0 aromatic carbocycles. The molecule has 122 valence electrons. The first kappa shape index (κ1) is 14.6. The molecule has 2 heterocycles. The molecular weight excluding hydrogens is 280 g/mol. The number of aromatic nitrogens is 2. The summed E-state index contributed by atoms with van der Waals surface area (Å²) in [6.07, 6.45) is 8.99. The summed E-state index contributed by atoms with van der Waals surface area (Å²) in [6.45, 7) is 3.70. The van der Waals surface area contributed by atoms with Gasteiger partial charge in [0.15, 0.2) is 5.82 Å². The van der Waals surface area contributed by atoms with Crippen molar-refractivity contribution >= 4 is 0 Å². The fourth-order valence-corrected chi connectivity index (χ4v) is 4.27. The molecule has 1 aromatic rings. The minimum absolute atomic E-state index is 0.189. The Labute approximate surface area is 131 Å². The summed E-state index contributed by atoms with van der Waals surface area (Å²) in [5.41, 5.74) is 6.17. The fourth-order valence-electron chi connectivity index (χ4n) is 4.27. The second kappa shape index (κ2) is 5.58. The van der Waals surface area contributed by atoms with Crippen molar-refractivity contribution in [1.82, 2.24) is 15.0 Å². The van der Waals surface area contributed by atoms with Gasteiger partial charge in [0.05, 0.1) is 18.8 Å². The van der Waals surface area contributed by atoms with E-state index in [-0.39, 0.29) is 11.1 Å². The molecule has 0 atom stereocenters. The Bertz CT molecular complexity index is 514. The third-order valence-corrected chi connectivity index (χ3v) is 5.86. The number of ether oxygens (including phenoxy) is 1. The Morgan fingerprint density at radius 1 is 1.05 bits per heavy atom. The van der Waals surface area contributed by atoms with Gasteiger partial charge in [-0.25, -0.2) is 0 Å². The van der Waals surface area contributed by atoms with Gasteiger partial charge in [-0.3, -0.25) is 4.90 Å². The van der Waals surface area contributed by atoms with Crippen molar-refractivity contribution in [3.05, 3.63) is 11.7 Å². The van der Waals surface area contributed by atoms with Crippen LogP contribution in [0.15, 0.2) is 4.52 Å². The van der Waals surface area contributed by atoms with Crippen LogP contribution < -0.4 is 5.73 Å². The summed E-state index contributed by atoms with van der Waals surface area (Å²) in [6, 6.07) is 0. The molecule has 0 spiro atoms. The van der Waals surface area contributed by atoms with Crippen molar-refractivity contribution in [3.63, 3.8) is 0 Å². The first-order valence-electron chi connectivity index (χ1n) is 8.65. The minimum atomic E-state index is -0.330. The van der Waals surface area contributed by atoms with E-state index < -0.39 is 0 Å². The molecule has 3 aliphatic rings. The summed E-state index contributed by atoms with van der Waals surface area (Å²) in [5.74, 6) is 1.48. The van der Waals surface area contributed by atoms with Crippen molar-refractivity contribution in [1.29, 1.82) is 0 Å². The summed E-state index contributed by atoms with van der Waals surface area (Å²) in [5, 5.41) is 4.17. The molecule has 22 heavy (non-hydrogen) atoms. The van der Waals surface area contributed by atoms with Gasteiger partial charge in [0.25, 0.3) is 0 Å². The highest BCUT2D eigenvalue weighted by atomic mass is 16.5. The maximum Gasteiger partial charge on any atom is 0.228 e. The van der Waals surface area contributed by atoms with E-state index >= 15 is 0 Å². The summed E-state index contributed by atoms with van der Waals surface area (Å²) in [7, 11) is 0. The molecule has 6 heteroatoms. The SMILES string of the molecule is NC1(c2noc(CC3(N4CCOCC4)CCCC3)n2)CCC1. The van der Waals surface area contributed by atoms with Crippen LogP contribution in [0.1, 0.15) is 56.7 Å². The molecule has 0 unspecified atom stereocenters. The topological polar surface area (TPSA) is 77.4 Å². The van der Waals surface area contributed by atoms with Crippen molar-refractivity contribution in [2.75, 3.05) is 26.3 Å².